The first-order chi connectivity index (χ1) is 14.1. The number of benzene rings is 2. The maximum absolute atomic E-state index is 12.6. The van der Waals surface area contributed by atoms with Crippen molar-refractivity contribution in [2.24, 2.45) is 0 Å². The molecule has 0 unspecified atom stereocenters. The zero-order chi connectivity index (χ0) is 22.4. The summed E-state index contributed by atoms with van der Waals surface area (Å²) >= 11 is 0. The highest BCUT2D eigenvalue weighted by atomic mass is 32.2. The smallest absolute Gasteiger partial charge is 0.255 e. The van der Waals surface area contributed by atoms with Gasteiger partial charge in [-0.05, 0) is 55.3 Å². The number of amides is 1. The van der Waals surface area contributed by atoms with Gasteiger partial charge in [-0.3, -0.25) is 9.52 Å². The van der Waals surface area contributed by atoms with E-state index in [1.807, 2.05) is 0 Å². The lowest BCUT2D eigenvalue weighted by Crippen LogP contribution is -2.23. The van der Waals surface area contributed by atoms with E-state index in [0.29, 0.717) is 23.4 Å². The van der Waals surface area contributed by atoms with Crippen molar-refractivity contribution in [3.63, 3.8) is 0 Å². The van der Waals surface area contributed by atoms with Gasteiger partial charge in [0.05, 0.1) is 16.3 Å². The van der Waals surface area contributed by atoms with Gasteiger partial charge in [0.25, 0.3) is 5.91 Å². The third-order valence-corrected chi connectivity index (χ3v) is 7.08. The fourth-order valence-electron chi connectivity index (χ4n) is 2.60. The molecule has 0 saturated heterocycles. The second-order valence-corrected chi connectivity index (χ2v) is 10.1. The van der Waals surface area contributed by atoms with E-state index in [0.717, 1.165) is 0 Å². The minimum absolute atomic E-state index is 0.0000597. The zero-order valence-corrected chi connectivity index (χ0v) is 18.4. The first-order valence-corrected chi connectivity index (χ1v) is 12.3. The van der Waals surface area contributed by atoms with Crippen LogP contribution in [0.4, 0.5) is 11.4 Å². The van der Waals surface area contributed by atoms with Crippen molar-refractivity contribution >= 4 is 37.3 Å². The summed E-state index contributed by atoms with van der Waals surface area (Å²) in [5.74, 6) is -0.449. The monoisotopic (exact) mass is 451 g/mol. The normalized spacial score (nSPS) is 11.7. The summed E-state index contributed by atoms with van der Waals surface area (Å²) in [5.41, 5.74) is 1.66. The molecule has 0 radical (unpaired) electrons. The molecular formula is C20H25N3O5S2. The number of rotatable bonds is 10. The van der Waals surface area contributed by atoms with Crippen LogP contribution in [0, 0.1) is 6.92 Å². The van der Waals surface area contributed by atoms with Gasteiger partial charge in [-0.25, -0.2) is 21.6 Å². The fraction of sp³-hybridized carbons (Fsp3) is 0.250. The van der Waals surface area contributed by atoms with Crippen molar-refractivity contribution in [2.75, 3.05) is 22.3 Å². The molecule has 1 amide bonds. The van der Waals surface area contributed by atoms with Gasteiger partial charge in [0.1, 0.15) is 0 Å². The average Bonchev–Trinajstić information content (AvgIpc) is 2.69. The topological polar surface area (TPSA) is 121 Å². The van der Waals surface area contributed by atoms with Crippen LogP contribution in [0.2, 0.25) is 0 Å². The number of hydrogen-bond acceptors (Lipinski definition) is 5. The molecule has 0 aliphatic heterocycles. The highest BCUT2D eigenvalue weighted by molar-refractivity contribution is 7.92. The van der Waals surface area contributed by atoms with Crippen LogP contribution in [0.5, 0.6) is 0 Å². The van der Waals surface area contributed by atoms with Gasteiger partial charge >= 0.3 is 0 Å². The SMILES string of the molecule is C=CCNS(=O)(=O)c1ccc(C(=O)Nc2cccc(NS(=O)(=O)CCC)c2C)cc1. The summed E-state index contributed by atoms with van der Waals surface area (Å²) < 4.78 is 53.1. The molecule has 0 heterocycles. The lowest BCUT2D eigenvalue weighted by atomic mass is 10.1. The van der Waals surface area contributed by atoms with E-state index in [1.54, 1.807) is 32.0 Å². The second-order valence-electron chi connectivity index (χ2n) is 6.52. The van der Waals surface area contributed by atoms with Crippen molar-refractivity contribution in [1.29, 1.82) is 0 Å². The predicted molar refractivity (Wildman–Crippen MR) is 119 cm³/mol. The molecule has 0 aromatic heterocycles. The minimum Gasteiger partial charge on any atom is -0.322 e. The Labute approximate surface area is 177 Å². The number of carbonyl (C=O) groups excluding carboxylic acids is 1. The van der Waals surface area contributed by atoms with Crippen LogP contribution >= 0.6 is 0 Å². The summed E-state index contributed by atoms with van der Waals surface area (Å²) in [7, 11) is -7.14. The van der Waals surface area contributed by atoms with Crippen LogP contribution in [-0.2, 0) is 20.0 Å². The molecule has 0 fully saturated rings. The molecule has 2 aromatic rings. The first-order valence-electron chi connectivity index (χ1n) is 9.21. The average molecular weight is 452 g/mol. The highest BCUT2D eigenvalue weighted by Gasteiger charge is 2.16. The van der Waals surface area contributed by atoms with Crippen molar-refractivity contribution in [3.8, 4) is 0 Å². The molecule has 162 valence electrons. The van der Waals surface area contributed by atoms with Crippen molar-refractivity contribution in [1.82, 2.24) is 4.72 Å². The Kier molecular flexibility index (Phi) is 7.77. The molecule has 0 aliphatic rings. The van der Waals surface area contributed by atoms with Crippen LogP contribution in [0.15, 0.2) is 60.0 Å². The molecule has 0 spiro atoms. The number of sulfonamides is 2. The molecule has 0 aliphatic carbocycles. The Morgan fingerprint density at radius 2 is 1.67 bits per heavy atom. The maximum Gasteiger partial charge on any atom is 0.255 e. The van der Waals surface area contributed by atoms with Gasteiger partial charge in [-0.15, -0.1) is 6.58 Å². The Morgan fingerprint density at radius 3 is 2.27 bits per heavy atom. The van der Waals surface area contributed by atoms with E-state index in [9.17, 15) is 21.6 Å². The van der Waals surface area contributed by atoms with E-state index >= 15 is 0 Å². The van der Waals surface area contributed by atoms with E-state index in [1.165, 1.54) is 30.3 Å². The van der Waals surface area contributed by atoms with E-state index in [4.69, 9.17) is 0 Å². The number of anilines is 2. The number of hydrogen-bond donors (Lipinski definition) is 3. The number of carbonyl (C=O) groups is 1. The van der Waals surface area contributed by atoms with Gasteiger partial charge in [0.15, 0.2) is 0 Å². The Morgan fingerprint density at radius 1 is 1.03 bits per heavy atom. The molecule has 3 N–H and O–H groups in total. The predicted octanol–water partition coefficient (Wildman–Crippen LogP) is 2.86. The maximum atomic E-state index is 12.6. The van der Waals surface area contributed by atoms with Crippen LogP contribution < -0.4 is 14.8 Å². The van der Waals surface area contributed by atoms with Crippen molar-refractivity contribution in [3.05, 3.63) is 66.2 Å². The van der Waals surface area contributed by atoms with Gasteiger partial charge in [0.2, 0.25) is 20.0 Å². The minimum atomic E-state index is -3.68. The summed E-state index contributed by atoms with van der Waals surface area (Å²) in [6, 6.07) is 10.4. The van der Waals surface area contributed by atoms with E-state index < -0.39 is 26.0 Å². The first kappa shape index (κ1) is 23.6. The highest BCUT2D eigenvalue weighted by Crippen LogP contribution is 2.25. The van der Waals surface area contributed by atoms with Gasteiger partial charge in [-0.2, -0.15) is 0 Å². The summed E-state index contributed by atoms with van der Waals surface area (Å²) in [4.78, 5) is 12.6. The quantitative estimate of drug-likeness (QED) is 0.480. The van der Waals surface area contributed by atoms with Crippen LogP contribution in [0.25, 0.3) is 0 Å². The number of nitrogens with one attached hydrogen (secondary N) is 3. The molecule has 8 nitrogen and oxygen atoms in total. The third-order valence-electron chi connectivity index (χ3n) is 4.16. The van der Waals surface area contributed by atoms with Crippen LogP contribution in [0.3, 0.4) is 0 Å². The second kappa shape index (κ2) is 9.88. The van der Waals surface area contributed by atoms with E-state index in [2.05, 4.69) is 21.3 Å². The standard InChI is InChI=1S/C20H25N3O5S2/c1-4-13-21-30(27,28)17-11-9-16(10-12-17)20(24)22-18-7-6-8-19(15(18)3)23-29(25,26)14-5-2/h4,6-12,21,23H,1,5,13-14H2,2-3H3,(H,22,24). The molecule has 0 bridgehead atoms. The third kappa shape index (κ3) is 6.15. The Hall–Kier alpha value is -2.69. The fourth-order valence-corrected chi connectivity index (χ4v) is 4.79. The molecule has 0 saturated carbocycles. The zero-order valence-electron chi connectivity index (χ0n) is 16.8. The van der Waals surface area contributed by atoms with Crippen LogP contribution in [0.1, 0.15) is 29.3 Å². The Bertz CT molecular complexity index is 1130. The summed E-state index contributed by atoms with van der Waals surface area (Å²) in [6.45, 7) is 7.03. The summed E-state index contributed by atoms with van der Waals surface area (Å²) in [6.07, 6.45) is 1.91. The Balaban J connectivity index is 2.18. The van der Waals surface area contributed by atoms with Gasteiger partial charge in [-0.1, -0.05) is 19.1 Å². The van der Waals surface area contributed by atoms with Crippen molar-refractivity contribution < 1.29 is 21.6 Å². The molecule has 2 rings (SSSR count). The molecule has 0 atom stereocenters. The molecule has 30 heavy (non-hydrogen) atoms. The lowest BCUT2D eigenvalue weighted by molar-refractivity contribution is 0.102. The molecular weight excluding hydrogens is 426 g/mol. The van der Waals surface area contributed by atoms with Gasteiger partial charge < -0.3 is 5.32 Å². The molecule has 2 aromatic carbocycles. The largest absolute Gasteiger partial charge is 0.322 e. The van der Waals surface area contributed by atoms with Crippen LogP contribution in [-0.4, -0.2) is 35.0 Å². The van der Waals surface area contributed by atoms with Gasteiger partial charge in [0, 0.05) is 17.8 Å². The lowest BCUT2D eigenvalue weighted by Gasteiger charge is -2.14. The van der Waals surface area contributed by atoms with Crippen molar-refractivity contribution in [2.45, 2.75) is 25.2 Å². The van der Waals surface area contributed by atoms with E-state index in [-0.39, 0.29) is 22.8 Å². The summed E-state index contributed by atoms with van der Waals surface area (Å²) in [5, 5.41) is 2.73. The molecule has 10 heteroatoms.